The molecule has 6 nitrogen and oxygen atoms in total. The van der Waals surface area contributed by atoms with Crippen molar-refractivity contribution in [1.29, 1.82) is 0 Å². The summed E-state index contributed by atoms with van der Waals surface area (Å²) in [6, 6.07) is 10.8. The Morgan fingerprint density at radius 3 is 2.64 bits per heavy atom. The zero-order chi connectivity index (χ0) is 19.5. The normalized spacial score (nSPS) is 19.7. The van der Waals surface area contributed by atoms with E-state index in [0.717, 1.165) is 38.4 Å². The Balaban J connectivity index is 0.00000392. The van der Waals surface area contributed by atoms with Gasteiger partial charge in [0.15, 0.2) is 5.96 Å². The molecule has 2 N–H and O–H groups in total. The fraction of sp³-hybridized carbons (Fsp3) is 0.619. The van der Waals surface area contributed by atoms with Crippen LogP contribution in [0.15, 0.2) is 35.3 Å². The molecule has 0 bridgehead atoms. The second-order valence-electron chi connectivity index (χ2n) is 6.93. The highest BCUT2D eigenvalue weighted by atomic mass is 127. The zero-order valence-corrected chi connectivity index (χ0v) is 19.6. The minimum atomic E-state index is -0.0753. The lowest BCUT2D eigenvalue weighted by atomic mass is 9.79. The van der Waals surface area contributed by atoms with Crippen molar-refractivity contribution >= 4 is 35.8 Å². The number of piperidine rings is 1. The molecule has 1 aromatic carbocycles. The van der Waals surface area contributed by atoms with Gasteiger partial charge in [0.05, 0.1) is 6.61 Å². The molecule has 0 spiro atoms. The Kier molecular flexibility index (Phi) is 12.1. The van der Waals surface area contributed by atoms with Crippen molar-refractivity contribution in [3.63, 3.8) is 0 Å². The van der Waals surface area contributed by atoms with Gasteiger partial charge >= 0.3 is 0 Å². The fourth-order valence-electron chi connectivity index (χ4n) is 3.70. The number of amides is 1. The topological polar surface area (TPSA) is 66.0 Å². The molecule has 1 saturated heterocycles. The summed E-state index contributed by atoms with van der Waals surface area (Å²) in [5.41, 5.74) is 1.43. The van der Waals surface area contributed by atoms with E-state index in [9.17, 15) is 4.79 Å². The number of ether oxygens (including phenoxy) is 1. The van der Waals surface area contributed by atoms with Crippen molar-refractivity contribution in [3.8, 4) is 0 Å². The second-order valence-corrected chi connectivity index (χ2v) is 6.93. The summed E-state index contributed by atoms with van der Waals surface area (Å²) in [6.45, 7) is 8.20. The molecule has 2 unspecified atom stereocenters. The van der Waals surface area contributed by atoms with Gasteiger partial charge in [-0.05, 0) is 30.7 Å². The van der Waals surface area contributed by atoms with E-state index in [2.05, 4.69) is 64.7 Å². The lowest BCUT2D eigenvalue weighted by Crippen LogP contribution is -2.48. The van der Waals surface area contributed by atoms with Crippen LogP contribution in [0.4, 0.5) is 0 Å². The molecule has 2 rings (SSSR count). The number of methoxy groups -OCH3 is 1. The first-order chi connectivity index (χ1) is 13.2. The van der Waals surface area contributed by atoms with Crippen molar-refractivity contribution in [2.45, 2.75) is 32.6 Å². The Hall–Kier alpha value is -1.35. The van der Waals surface area contributed by atoms with E-state index < -0.39 is 0 Å². The maximum Gasteiger partial charge on any atom is 0.241 e. The summed E-state index contributed by atoms with van der Waals surface area (Å²) in [6.07, 6.45) is 2.24. The predicted molar refractivity (Wildman–Crippen MR) is 125 cm³/mol. The number of guanidine groups is 1. The van der Waals surface area contributed by atoms with E-state index in [-0.39, 0.29) is 36.4 Å². The van der Waals surface area contributed by atoms with Crippen LogP contribution in [-0.2, 0) is 9.53 Å². The van der Waals surface area contributed by atoms with Crippen LogP contribution < -0.4 is 10.6 Å². The number of nitrogens with zero attached hydrogens (tertiary/aromatic N) is 2. The summed E-state index contributed by atoms with van der Waals surface area (Å²) >= 11 is 0. The first kappa shape index (κ1) is 24.7. The quantitative estimate of drug-likeness (QED) is 0.249. The highest BCUT2D eigenvalue weighted by Gasteiger charge is 2.30. The van der Waals surface area contributed by atoms with Gasteiger partial charge in [-0.25, -0.2) is 4.99 Å². The van der Waals surface area contributed by atoms with Gasteiger partial charge in [0, 0.05) is 33.3 Å². The molecule has 7 heteroatoms. The van der Waals surface area contributed by atoms with Gasteiger partial charge in [0.1, 0.15) is 6.54 Å². The number of rotatable bonds is 8. The van der Waals surface area contributed by atoms with Crippen LogP contribution in [0.5, 0.6) is 0 Å². The van der Waals surface area contributed by atoms with Gasteiger partial charge in [0.2, 0.25) is 5.91 Å². The molecule has 1 aliphatic heterocycles. The number of aliphatic imine (C=N–C) groups is 1. The van der Waals surface area contributed by atoms with Crippen LogP contribution in [0.3, 0.4) is 0 Å². The van der Waals surface area contributed by atoms with Crippen LogP contribution in [0.25, 0.3) is 0 Å². The summed E-state index contributed by atoms with van der Waals surface area (Å²) in [4.78, 5) is 18.8. The van der Waals surface area contributed by atoms with Crippen molar-refractivity contribution in [1.82, 2.24) is 15.5 Å². The monoisotopic (exact) mass is 502 g/mol. The SMILES string of the molecule is CCNC(=NCC(=O)NCCOC)N1CCC(c2ccccc2)C(CC)C1.I. The largest absolute Gasteiger partial charge is 0.383 e. The summed E-state index contributed by atoms with van der Waals surface area (Å²) in [7, 11) is 1.62. The summed E-state index contributed by atoms with van der Waals surface area (Å²) in [5.74, 6) is 1.94. The van der Waals surface area contributed by atoms with Crippen molar-refractivity contribution in [2.24, 2.45) is 10.9 Å². The number of carbonyl (C=O) groups excluding carboxylic acids is 1. The summed E-state index contributed by atoms with van der Waals surface area (Å²) < 4.78 is 4.95. The molecule has 2 atom stereocenters. The van der Waals surface area contributed by atoms with Crippen LogP contribution in [0.1, 0.15) is 38.2 Å². The van der Waals surface area contributed by atoms with Crippen LogP contribution >= 0.6 is 24.0 Å². The minimum Gasteiger partial charge on any atom is -0.383 e. The fourth-order valence-corrected chi connectivity index (χ4v) is 3.70. The van der Waals surface area contributed by atoms with Crippen LogP contribution in [0, 0.1) is 5.92 Å². The molecule has 0 saturated carbocycles. The molecule has 1 aliphatic rings. The number of hydrogen-bond acceptors (Lipinski definition) is 3. The molecular formula is C21H35IN4O2. The first-order valence-electron chi connectivity index (χ1n) is 10.0. The number of carbonyl (C=O) groups is 1. The third-order valence-electron chi connectivity index (χ3n) is 5.12. The number of nitrogens with one attached hydrogen (secondary N) is 2. The van der Waals surface area contributed by atoms with E-state index in [1.807, 2.05) is 0 Å². The van der Waals surface area contributed by atoms with E-state index in [1.165, 1.54) is 5.56 Å². The van der Waals surface area contributed by atoms with E-state index >= 15 is 0 Å². The number of halogens is 1. The van der Waals surface area contributed by atoms with E-state index in [4.69, 9.17) is 4.74 Å². The van der Waals surface area contributed by atoms with Gasteiger partial charge in [-0.3, -0.25) is 4.79 Å². The lowest BCUT2D eigenvalue weighted by Gasteiger charge is -2.40. The number of likely N-dealkylation sites (tertiary alicyclic amines) is 1. The molecule has 28 heavy (non-hydrogen) atoms. The van der Waals surface area contributed by atoms with Gasteiger partial charge in [-0.2, -0.15) is 0 Å². The van der Waals surface area contributed by atoms with Gasteiger partial charge in [-0.1, -0.05) is 43.7 Å². The molecule has 158 valence electrons. The maximum atomic E-state index is 11.9. The highest BCUT2D eigenvalue weighted by Crippen LogP contribution is 2.34. The smallest absolute Gasteiger partial charge is 0.241 e. The third-order valence-corrected chi connectivity index (χ3v) is 5.12. The molecule has 0 radical (unpaired) electrons. The van der Waals surface area contributed by atoms with Crippen molar-refractivity contribution in [3.05, 3.63) is 35.9 Å². The Labute approximate surface area is 186 Å². The van der Waals surface area contributed by atoms with Crippen LogP contribution in [0.2, 0.25) is 0 Å². The third kappa shape index (κ3) is 7.58. The molecule has 0 aliphatic carbocycles. The minimum absolute atomic E-state index is 0. The Morgan fingerprint density at radius 2 is 2.00 bits per heavy atom. The van der Waals surface area contributed by atoms with Gasteiger partial charge in [0.25, 0.3) is 0 Å². The average molecular weight is 502 g/mol. The second kappa shape index (κ2) is 13.8. The molecule has 1 amide bonds. The number of hydrogen-bond donors (Lipinski definition) is 2. The van der Waals surface area contributed by atoms with E-state index in [0.29, 0.717) is 25.0 Å². The predicted octanol–water partition coefficient (Wildman–Crippen LogP) is 2.85. The highest BCUT2D eigenvalue weighted by molar-refractivity contribution is 14.0. The van der Waals surface area contributed by atoms with Crippen molar-refractivity contribution < 1.29 is 9.53 Å². The molecule has 1 heterocycles. The molecular weight excluding hydrogens is 467 g/mol. The molecule has 1 fully saturated rings. The van der Waals surface area contributed by atoms with Crippen LogP contribution in [-0.4, -0.2) is 63.2 Å². The Bertz CT molecular complexity index is 597. The molecule has 0 aromatic heterocycles. The maximum absolute atomic E-state index is 11.9. The average Bonchev–Trinajstić information content (AvgIpc) is 2.71. The van der Waals surface area contributed by atoms with E-state index in [1.54, 1.807) is 7.11 Å². The lowest BCUT2D eigenvalue weighted by molar-refractivity contribution is -0.119. The van der Waals surface area contributed by atoms with Crippen molar-refractivity contribution in [2.75, 3.05) is 46.4 Å². The zero-order valence-electron chi connectivity index (χ0n) is 17.3. The van der Waals surface area contributed by atoms with Gasteiger partial charge in [-0.15, -0.1) is 24.0 Å². The first-order valence-corrected chi connectivity index (χ1v) is 10.0. The number of benzene rings is 1. The van der Waals surface area contributed by atoms with Gasteiger partial charge < -0.3 is 20.3 Å². The Morgan fingerprint density at radius 1 is 1.25 bits per heavy atom. The standard InChI is InChI=1S/C21H34N4O2.HI/c1-4-17-16-25(13-11-19(17)18-9-7-6-8-10-18)21(22-5-2)24-15-20(26)23-12-14-27-3;/h6-10,17,19H,4-5,11-16H2,1-3H3,(H,22,24)(H,23,26);1H. The molecule has 1 aromatic rings. The summed E-state index contributed by atoms with van der Waals surface area (Å²) in [5, 5.41) is 6.16.